The Morgan fingerprint density at radius 3 is 2.53 bits per heavy atom. The predicted molar refractivity (Wildman–Crippen MR) is 64.5 cm³/mol. The maximum atomic E-state index is 11.7. The van der Waals surface area contributed by atoms with Gasteiger partial charge >= 0.3 is 5.97 Å². The SMILES string of the molecule is Cc1ccc(C(=O)COC(=O)c2nonc2N)cc1. The second-order valence-corrected chi connectivity index (χ2v) is 3.86. The lowest BCUT2D eigenvalue weighted by atomic mass is 10.1. The molecule has 1 heterocycles. The average Bonchev–Trinajstić information content (AvgIpc) is 2.83. The van der Waals surface area contributed by atoms with Crippen LogP contribution in [0.15, 0.2) is 28.9 Å². The van der Waals surface area contributed by atoms with Crippen LogP contribution in [0, 0.1) is 6.92 Å². The first-order chi connectivity index (χ1) is 9.08. The number of aryl methyl sites for hydroxylation is 1. The number of carbonyl (C=O) groups is 2. The zero-order valence-electron chi connectivity index (χ0n) is 10.1. The third kappa shape index (κ3) is 2.95. The molecule has 2 N–H and O–H groups in total. The number of aromatic nitrogens is 2. The number of nitrogen functional groups attached to an aromatic ring is 1. The molecule has 0 aliphatic carbocycles. The van der Waals surface area contributed by atoms with Crippen molar-refractivity contribution in [2.75, 3.05) is 12.3 Å². The van der Waals surface area contributed by atoms with Crippen molar-refractivity contribution in [2.45, 2.75) is 6.92 Å². The van der Waals surface area contributed by atoms with Crippen LogP contribution in [-0.2, 0) is 4.74 Å². The molecule has 2 aromatic rings. The number of nitrogens with zero attached hydrogens (tertiary/aromatic N) is 2. The third-order valence-corrected chi connectivity index (χ3v) is 2.42. The number of ketones is 1. The van der Waals surface area contributed by atoms with E-state index in [2.05, 4.69) is 14.9 Å². The lowest BCUT2D eigenvalue weighted by Crippen LogP contribution is -2.15. The molecule has 0 fully saturated rings. The highest BCUT2D eigenvalue weighted by molar-refractivity contribution is 5.99. The molecule has 0 spiro atoms. The molecule has 2 rings (SSSR count). The highest BCUT2D eigenvalue weighted by Crippen LogP contribution is 2.08. The predicted octanol–water partition coefficient (Wildman–Crippen LogP) is 1.000. The van der Waals surface area contributed by atoms with Crippen LogP contribution >= 0.6 is 0 Å². The number of benzene rings is 1. The molecule has 1 aromatic carbocycles. The maximum absolute atomic E-state index is 11.7. The Morgan fingerprint density at radius 2 is 1.95 bits per heavy atom. The van der Waals surface area contributed by atoms with Crippen molar-refractivity contribution >= 4 is 17.6 Å². The molecule has 98 valence electrons. The van der Waals surface area contributed by atoms with E-state index in [4.69, 9.17) is 10.5 Å². The first-order valence-corrected chi connectivity index (χ1v) is 5.43. The molecule has 0 aliphatic rings. The molecule has 0 radical (unpaired) electrons. The van der Waals surface area contributed by atoms with Gasteiger partial charge in [0, 0.05) is 5.56 Å². The number of hydrogen-bond acceptors (Lipinski definition) is 7. The molecule has 0 amide bonds. The highest BCUT2D eigenvalue weighted by Gasteiger charge is 2.19. The number of nitrogens with two attached hydrogens (primary N) is 1. The molecule has 19 heavy (non-hydrogen) atoms. The summed E-state index contributed by atoms with van der Waals surface area (Å²) >= 11 is 0. The summed E-state index contributed by atoms with van der Waals surface area (Å²) in [6.07, 6.45) is 0. The monoisotopic (exact) mass is 261 g/mol. The van der Waals surface area contributed by atoms with Crippen LogP contribution in [0.5, 0.6) is 0 Å². The fourth-order valence-electron chi connectivity index (χ4n) is 1.36. The molecule has 0 unspecified atom stereocenters. The van der Waals surface area contributed by atoms with Crippen LogP contribution in [0.4, 0.5) is 5.82 Å². The van der Waals surface area contributed by atoms with Crippen molar-refractivity contribution < 1.29 is 19.0 Å². The summed E-state index contributed by atoms with van der Waals surface area (Å²) in [7, 11) is 0. The van der Waals surface area contributed by atoms with Gasteiger partial charge in [-0.3, -0.25) is 4.79 Å². The standard InChI is InChI=1S/C12H11N3O4/c1-7-2-4-8(5-3-7)9(16)6-18-12(17)10-11(13)15-19-14-10/h2-5H,6H2,1H3,(H2,13,15). The van der Waals surface area contributed by atoms with Crippen LogP contribution in [0.2, 0.25) is 0 Å². The second kappa shape index (κ2) is 5.30. The van der Waals surface area contributed by atoms with Crippen LogP contribution in [0.3, 0.4) is 0 Å². The van der Waals surface area contributed by atoms with Gasteiger partial charge in [0.25, 0.3) is 0 Å². The van der Waals surface area contributed by atoms with E-state index in [9.17, 15) is 9.59 Å². The summed E-state index contributed by atoms with van der Waals surface area (Å²) < 4.78 is 9.04. The van der Waals surface area contributed by atoms with Gasteiger partial charge in [-0.2, -0.15) is 0 Å². The fraction of sp³-hybridized carbons (Fsp3) is 0.167. The number of rotatable bonds is 4. The van der Waals surface area contributed by atoms with Gasteiger partial charge in [0.05, 0.1) is 0 Å². The van der Waals surface area contributed by atoms with E-state index < -0.39 is 12.6 Å². The van der Waals surface area contributed by atoms with Crippen molar-refractivity contribution in [3.63, 3.8) is 0 Å². The van der Waals surface area contributed by atoms with Gasteiger partial charge in [-0.25, -0.2) is 9.42 Å². The van der Waals surface area contributed by atoms with Crippen molar-refractivity contribution in [3.05, 3.63) is 41.1 Å². The van der Waals surface area contributed by atoms with Crippen molar-refractivity contribution in [1.29, 1.82) is 0 Å². The summed E-state index contributed by atoms with van der Waals surface area (Å²) in [5, 5.41) is 6.52. The lowest BCUT2D eigenvalue weighted by Gasteiger charge is -2.02. The van der Waals surface area contributed by atoms with Gasteiger partial charge in [-0.1, -0.05) is 29.8 Å². The highest BCUT2D eigenvalue weighted by atomic mass is 16.6. The molecule has 0 aliphatic heterocycles. The summed E-state index contributed by atoms with van der Waals surface area (Å²) in [4.78, 5) is 23.2. The van der Waals surface area contributed by atoms with Gasteiger partial charge in [-0.05, 0) is 17.2 Å². The van der Waals surface area contributed by atoms with E-state index in [0.717, 1.165) is 5.56 Å². The van der Waals surface area contributed by atoms with E-state index >= 15 is 0 Å². The summed E-state index contributed by atoms with van der Waals surface area (Å²) in [6.45, 7) is 1.52. The normalized spacial score (nSPS) is 10.2. The molecule has 0 saturated carbocycles. The van der Waals surface area contributed by atoms with E-state index in [1.54, 1.807) is 24.3 Å². The smallest absolute Gasteiger partial charge is 0.365 e. The van der Waals surface area contributed by atoms with Gasteiger partial charge in [0.15, 0.2) is 12.4 Å². The number of esters is 1. The van der Waals surface area contributed by atoms with Crippen LogP contribution in [-0.4, -0.2) is 28.7 Å². The number of carbonyl (C=O) groups excluding carboxylic acids is 2. The molecular weight excluding hydrogens is 250 g/mol. The summed E-state index contributed by atoms with van der Waals surface area (Å²) in [5.41, 5.74) is 6.58. The van der Waals surface area contributed by atoms with E-state index in [1.165, 1.54) is 0 Å². The van der Waals surface area contributed by atoms with Gasteiger partial charge < -0.3 is 10.5 Å². The number of Topliss-reactive ketones (excluding diaryl/α,β-unsaturated/α-hetero) is 1. The van der Waals surface area contributed by atoms with E-state index in [0.29, 0.717) is 5.56 Å². The topological polar surface area (TPSA) is 108 Å². The minimum Gasteiger partial charge on any atom is -0.452 e. The minimum absolute atomic E-state index is 0.173. The van der Waals surface area contributed by atoms with Gasteiger partial charge in [-0.15, -0.1) is 0 Å². The Morgan fingerprint density at radius 1 is 1.26 bits per heavy atom. The first kappa shape index (κ1) is 12.7. The number of hydrogen-bond donors (Lipinski definition) is 1. The van der Waals surface area contributed by atoms with Crippen molar-refractivity contribution in [2.24, 2.45) is 0 Å². The van der Waals surface area contributed by atoms with Crippen molar-refractivity contribution in [1.82, 2.24) is 10.3 Å². The Bertz CT molecular complexity index is 604. The molecule has 1 aromatic heterocycles. The minimum atomic E-state index is -0.848. The zero-order chi connectivity index (χ0) is 13.8. The summed E-state index contributed by atoms with van der Waals surface area (Å²) in [5.74, 6) is -1.34. The summed E-state index contributed by atoms with van der Waals surface area (Å²) in [6, 6.07) is 6.93. The number of anilines is 1. The average molecular weight is 261 g/mol. The first-order valence-electron chi connectivity index (χ1n) is 5.43. The fourth-order valence-corrected chi connectivity index (χ4v) is 1.36. The quantitative estimate of drug-likeness (QED) is 0.645. The van der Waals surface area contributed by atoms with Crippen molar-refractivity contribution in [3.8, 4) is 0 Å². The third-order valence-electron chi connectivity index (χ3n) is 2.42. The van der Waals surface area contributed by atoms with Gasteiger partial charge in [0.1, 0.15) is 0 Å². The molecule has 7 heteroatoms. The van der Waals surface area contributed by atoms with Crippen LogP contribution in [0.25, 0.3) is 0 Å². The van der Waals surface area contributed by atoms with Crippen LogP contribution in [0.1, 0.15) is 26.4 Å². The molecule has 0 atom stereocenters. The Labute approximate surface area is 108 Å². The molecular formula is C12H11N3O4. The molecule has 0 bridgehead atoms. The van der Waals surface area contributed by atoms with E-state index in [-0.39, 0.29) is 17.3 Å². The van der Waals surface area contributed by atoms with E-state index in [1.807, 2.05) is 6.92 Å². The Kier molecular flexibility index (Phi) is 3.56. The lowest BCUT2D eigenvalue weighted by molar-refractivity contribution is 0.0465. The Balaban J connectivity index is 1.96. The Hall–Kier alpha value is -2.70. The van der Waals surface area contributed by atoms with Crippen LogP contribution < -0.4 is 5.73 Å². The maximum Gasteiger partial charge on any atom is 0.365 e. The molecule has 0 saturated heterocycles. The number of ether oxygens (including phenoxy) is 1. The largest absolute Gasteiger partial charge is 0.452 e. The second-order valence-electron chi connectivity index (χ2n) is 3.86. The zero-order valence-corrected chi connectivity index (χ0v) is 10.1. The molecule has 7 nitrogen and oxygen atoms in total. The van der Waals surface area contributed by atoms with Gasteiger partial charge in [0.2, 0.25) is 11.5 Å².